The Labute approximate surface area is 101 Å². The molecule has 1 aromatic rings. The van der Waals surface area contributed by atoms with Gasteiger partial charge in [-0.1, -0.05) is 0 Å². The zero-order chi connectivity index (χ0) is 11.8. The molecule has 4 nitrogen and oxygen atoms in total. The van der Waals surface area contributed by atoms with Crippen LogP contribution in [0.2, 0.25) is 0 Å². The zero-order valence-electron chi connectivity index (χ0n) is 10.2. The molecule has 0 aliphatic heterocycles. The fourth-order valence-electron chi connectivity index (χ4n) is 1.33. The van der Waals surface area contributed by atoms with E-state index in [1.54, 1.807) is 18.4 Å². The number of nitrogens with zero attached hydrogens (tertiary/aromatic N) is 1. The third-order valence-electron chi connectivity index (χ3n) is 2.14. The highest BCUT2D eigenvalue weighted by Gasteiger charge is 2.03. The number of nitrogens with one attached hydrogen (secondary N) is 1. The normalized spacial score (nSPS) is 10.9. The van der Waals surface area contributed by atoms with Crippen LogP contribution >= 0.6 is 11.3 Å². The Hall–Kier alpha value is -0.490. The van der Waals surface area contributed by atoms with Crippen LogP contribution in [-0.2, 0) is 16.0 Å². The molecule has 1 aromatic heterocycles. The predicted octanol–water partition coefficient (Wildman–Crippen LogP) is 1.51. The summed E-state index contributed by atoms with van der Waals surface area (Å²) >= 11 is 1.75. The van der Waals surface area contributed by atoms with Crippen molar-refractivity contribution in [2.75, 3.05) is 33.5 Å². The summed E-state index contributed by atoms with van der Waals surface area (Å²) in [5.74, 6) is 0. The van der Waals surface area contributed by atoms with Gasteiger partial charge in [0.05, 0.1) is 30.5 Å². The van der Waals surface area contributed by atoms with E-state index in [0.29, 0.717) is 13.2 Å². The Morgan fingerprint density at radius 2 is 2.06 bits per heavy atom. The lowest BCUT2D eigenvalue weighted by Crippen LogP contribution is -2.20. The van der Waals surface area contributed by atoms with Gasteiger partial charge in [-0.25, -0.2) is 4.98 Å². The molecular weight excluding hydrogens is 224 g/mol. The maximum absolute atomic E-state index is 5.35. The molecule has 92 valence electrons. The van der Waals surface area contributed by atoms with Crippen LogP contribution < -0.4 is 5.32 Å². The molecule has 1 rings (SSSR count). The van der Waals surface area contributed by atoms with E-state index in [1.165, 1.54) is 4.88 Å². The topological polar surface area (TPSA) is 43.4 Å². The van der Waals surface area contributed by atoms with Gasteiger partial charge in [-0.05, 0) is 13.8 Å². The SMILES string of the molecule is COCCOCCNCc1sc(C)nc1C. The first-order valence-corrected chi connectivity index (χ1v) is 6.26. The van der Waals surface area contributed by atoms with E-state index in [0.717, 1.165) is 30.4 Å². The second-order valence-electron chi connectivity index (χ2n) is 3.52. The molecule has 0 radical (unpaired) electrons. The second-order valence-corrected chi connectivity index (χ2v) is 4.81. The minimum absolute atomic E-state index is 0.660. The van der Waals surface area contributed by atoms with Gasteiger partial charge < -0.3 is 14.8 Å². The Balaban J connectivity index is 2.05. The van der Waals surface area contributed by atoms with E-state index in [-0.39, 0.29) is 0 Å². The van der Waals surface area contributed by atoms with Crippen LogP contribution in [-0.4, -0.2) is 38.5 Å². The Kier molecular flexibility index (Phi) is 6.56. The monoisotopic (exact) mass is 244 g/mol. The lowest BCUT2D eigenvalue weighted by molar-refractivity contribution is 0.0719. The Morgan fingerprint density at radius 3 is 2.69 bits per heavy atom. The summed E-state index contributed by atoms with van der Waals surface area (Å²) < 4.78 is 10.2. The number of aryl methyl sites for hydroxylation is 2. The van der Waals surface area contributed by atoms with Gasteiger partial charge in [0.25, 0.3) is 0 Å². The highest BCUT2D eigenvalue weighted by molar-refractivity contribution is 7.11. The summed E-state index contributed by atoms with van der Waals surface area (Å²) in [5.41, 5.74) is 1.13. The number of ether oxygens (including phenoxy) is 2. The maximum atomic E-state index is 5.35. The highest BCUT2D eigenvalue weighted by Crippen LogP contribution is 2.16. The molecule has 0 atom stereocenters. The van der Waals surface area contributed by atoms with Gasteiger partial charge in [0, 0.05) is 25.1 Å². The van der Waals surface area contributed by atoms with Gasteiger partial charge in [-0.3, -0.25) is 0 Å². The van der Waals surface area contributed by atoms with Gasteiger partial charge in [0.1, 0.15) is 0 Å². The van der Waals surface area contributed by atoms with Crippen molar-refractivity contribution >= 4 is 11.3 Å². The van der Waals surface area contributed by atoms with Crippen LogP contribution in [0.4, 0.5) is 0 Å². The number of hydrogen-bond acceptors (Lipinski definition) is 5. The molecular formula is C11H20N2O2S. The first-order valence-electron chi connectivity index (χ1n) is 5.44. The van der Waals surface area contributed by atoms with Gasteiger partial charge in [-0.15, -0.1) is 11.3 Å². The molecule has 0 aliphatic rings. The summed E-state index contributed by atoms with van der Waals surface area (Å²) in [6.07, 6.45) is 0. The molecule has 0 saturated heterocycles. The standard InChI is InChI=1S/C11H20N2O2S/c1-9-11(16-10(2)13-9)8-12-4-5-15-7-6-14-3/h12H,4-8H2,1-3H3. The van der Waals surface area contributed by atoms with Crippen molar-refractivity contribution in [2.24, 2.45) is 0 Å². The summed E-state index contributed by atoms with van der Waals surface area (Å²) in [6.45, 7) is 7.87. The van der Waals surface area contributed by atoms with Crippen LogP contribution in [0, 0.1) is 13.8 Å². The van der Waals surface area contributed by atoms with E-state index in [2.05, 4.69) is 17.2 Å². The van der Waals surface area contributed by atoms with Crippen LogP contribution in [0.25, 0.3) is 0 Å². The number of methoxy groups -OCH3 is 1. The van der Waals surface area contributed by atoms with Crippen molar-refractivity contribution in [3.8, 4) is 0 Å². The molecule has 0 aromatic carbocycles. The quantitative estimate of drug-likeness (QED) is 0.704. The molecule has 0 aliphatic carbocycles. The first-order chi connectivity index (χ1) is 7.74. The van der Waals surface area contributed by atoms with Crippen molar-refractivity contribution in [3.63, 3.8) is 0 Å². The number of thiazole rings is 1. The van der Waals surface area contributed by atoms with Crippen LogP contribution in [0.5, 0.6) is 0 Å². The van der Waals surface area contributed by atoms with Crippen LogP contribution in [0.3, 0.4) is 0 Å². The Morgan fingerprint density at radius 1 is 1.25 bits per heavy atom. The summed E-state index contributed by atoms with van der Waals surface area (Å²) in [7, 11) is 1.68. The average Bonchev–Trinajstić information content (AvgIpc) is 2.56. The molecule has 0 amide bonds. The highest BCUT2D eigenvalue weighted by atomic mass is 32.1. The predicted molar refractivity (Wildman–Crippen MR) is 66.0 cm³/mol. The third kappa shape index (κ3) is 5.03. The van der Waals surface area contributed by atoms with Gasteiger partial charge in [0.15, 0.2) is 0 Å². The molecule has 1 heterocycles. The van der Waals surface area contributed by atoms with E-state index in [1.807, 2.05) is 6.92 Å². The molecule has 0 saturated carbocycles. The van der Waals surface area contributed by atoms with Crippen molar-refractivity contribution in [1.82, 2.24) is 10.3 Å². The average molecular weight is 244 g/mol. The van der Waals surface area contributed by atoms with Crippen LogP contribution in [0.1, 0.15) is 15.6 Å². The van der Waals surface area contributed by atoms with E-state index in [9.17, 15) is 0 Å². The van der Waals surface area contributed by atoms with Crippen molar-refractivity contribution in [3.05, 3.63) is 15.6 Å². The summed E-state index contributed by atoms with van der Waals surface area (Å²) in [5, 5.41) is 4.47. The summed E-state index contributed by atoms with van der Waals surface area (Å²) in [6, 6.07) is 0. The summed E-state index contributed by atoms with van der Waals surface area (Å²) in [4.78, 5) is 5.70. The fraction of sp³-hybridized carbons (Fsp3) is 0.727. The van der Waals surface area contributed by atoms with Crippen molar-refractivity contribution < 1.29 is 9.47 Å². The molecule has 0 fully saturated rings. The molecule has 5 heteroatoms. The largest absolute Gasteiger partial charge is 0.382 e. The number of hydrogen-bond donors (Lipinski definition) is 1. The fourth-order valence-corrected chi connectivity index (χ4v) is 2.23. The third-order valence-corrected chi connectivity index (χ3v) is 3.21. The second kappa shape index (κ2) is 7.73. The van der Waals surface area contributed by atoms with E-state index in [4.69, 9.17) is 9.47 Å². The molecule has 16 heavy (non-hydrogen) atoms. The lowest BCUT2D eigenvalue weighted by atomic mass is 10.4. The zero-order valence-corrected chi connectivity index (χ0v) is 11.0. The smallest absolute Gasteiger partial charge is 0.0900 e. The maximum Gasteiger partial charge on any atom is 0.0900 e. The minimum Gasteiger partial charge on any atom is -0.382 e. The van der Waals surface area contributed by atoms with Gasteiger partial charge in [-0.2, -0.15) is 0 Å². The van der Waals surface area contributed by atoms with E-state index < -0.39 is 0 Å². The van der Waals surface area contributed by atoms with E-state index >= 15 is 0 Å². The minimum atomic E-state index is 0.660. The molecule has 0 spiro atoms. The lowest BCUT2D eigenvalue weighted by Gasteiger charge is -2.05. The van der Waals surface area contributed by atoms with Crippen LogP contribution in [0.15, 0.2) is 0 Å². The number of rotatable bonds is 8. The van der Waals surface area contributed by atoms with Gasteiger partial charge >= 0.3 is 0 Å². The molecule has 1 N–H and O–H groups in total. The molecule has 0 bridgehead atoms. The Bertz CT molecular complexity index is 302. The first kappa shape index (κ1) is 13.6. The van der Waals surface area contributed by atoms with Gasteiger partial charge in [0.2, 0.25) is 0 Å². The van der Waals surface area contributed by atoms with Crippen molar-refractivity contribution in [2.45, 2.75) is 20.4 Å². The number of aromatic nitrogens is 1. The molecule has 0 unspecified atom stereocenters. The van der Waals surface area contributed by atoms with Crippen molar-refractivity contribution in [1.29, 1.82) is 0 Å².